The van der Waals surface area contributed by atoms with E-state index in [2.05, 4.69) is 5.32 Å². The van der Waals surface area contributed by atoms with Crippen LogP contribution in [-0.4, -0.2) is 10.8 Å². The number of amides is 1. The molecule has 1 aromatic rings. The fourth-order valence-electron chi connectivity index (χ4n) is 1.73. The SMILES string of the molecule is O=C1CCCc2cccc([N+](=O)[O-])c2N1. The second kappa shape index (κ2) is 3.68. The molecule has 1 heterocycles. The molecule has 1 amide bonds. The molecule has 0 radical (unpaired) electrons. The average Bonchev–Trinajstić information content (AvgIpc) is 2.37. The van der Waals surface area contributed by atoms with Gasteiger partial charge in [0.2, 0.25) is 5.91 Å². The summed E-state index contributed by atoms with van der Waals surface area (Å²) in [7, 11) is 0. The summed E-state index contributed by atoms with van der Waals surface area (Å²) in [6.45, 7) is 0. The number of nitrogens with one attached hydrogen (secondary N) is 1. The number of rotatable bonds is 1. The standard InChI is InChI=1S/C10H10N2O3/c13-9-6-2-4-7-3-1-5-8(12(14)15)10(7)11-9/h1,3,5H,2,4,6H2,(H,11,13). The van der Waals surface area contributed by atoms with Gasteiger partial charge in [-0.25, -0.2) is 0 Å². The van der Waals surface area contributed by atoms with Gasteiger partial charge in [-0.2, -0.15) is 0 Å². The van der Waals surface area contributed by atoms with E-state index in [9.17, 15) is 14.9 Å². The third-order valence-corrected chi connectivity index (χ3v) is 2.44. The second-order valence-electron chi connectivity index (χ2n) is 3.47. The largest absolute Gasteiger partial charge is 0.320 e. The van der Waals surface area contributed by atoms with Gasteiger partial charge in [0.05, 0.1) is 4.92 Å². The van der Waals surface area contributed by atoms with Crippen LogP contribution in [0.25, 0.3) is 0 Å². The lowest BCUT2D eigenvalue weighted by Gasteiger charge is -2.06. The summed E-state index contributed by atoms with van der Waals surface area (Å²) in [6.07, 6.45) is 1.86. The summed E-state index contributed by atoms with van der Waals surface area (Å²) in [5.41, 5.74) is 1.18. The lowest BCUT2D eigenvalue weighted by molar-refractivity contribution is -0.384. The van der Waals surface area contributed by atoms with Crippen molar-refractivity contribution >= 4 is 17.3 Å². The third kappa shape index (κ3) is 1.81. The molecule has 0 saturated heterocycles. The highest BCUT2D eigenvalue weighted by Gasteiger charge is 2.21. The van der Waals surface area contributed by atoms with Crippen LogP contribution in [0.5, 0.6) is 0 Å². The zero-order valence-corrected chi connectivity index (χ0v) is 8.03. The van der Waals surface area contributed by atoms with E-state index in [1.807, 2.05) is 6.07 Å². The van der Waals surface area contributed by atoms with Crippen LogP contribution >= 0.6 is 0 Å². The van der Waals surface area contributed by atoms with Crippen molar-refractivity contribution in [2.75, 3.05) is 5.32 Å². The Hall–Kier alpha value is -1.91. The Bertz CT molecular complexity index is 429. The molecule has 1 aliphatic heterocycles. The van der Waals surface area contributed by atoms with Crippen LogP contribution in [0.2, 0.25) is 0 Å². The minimum absolute atomic E-state index is 0.0252. The minimum atomic E-state index is -0.468. The maximum Gasteiger partial charge on any atom is 0.293 e. The van der Waals surface area contributed by atoms with Gasteiger partial charge in [0, 0.05) is 12.5 Å². The number of para-hydroxylation sites is 1. The van der Waals surface area contributed by atoms with Crippen LogP contribution in [0.15, 0.2) is 18.2 Å². The number of hydrogen-bond acceptors (Lipinski definition) is 3. The van der Waals surface area contributed by atoms with Crippen molar-refractivity contribution in [1.29, 1.82) is 0 Å². The fourth-order valence-corrected chi connectivity index (χ4v) is 1.73. The number of benzene rings is 1. The molecule has 0 bridgehead atoms. The molecule has 5 heteroatoms. The zero-order valence-electron chi connectivity index (χ0n) is 8.03. The van der Waals surface area contributed by atoms with Crippen LogP contribution in [0.1, 0.15) is 18.4 Å². The first-order valence-corrected chi connectivity index (χ1v) is 4.74. The Morgan fingerprint density at radius 1 is 1.33 bits per heavy atom. The van der Waals surface area contributed by atoms with E-state index in [4.69, 9.17) is 0 Å². The van der Waals surface area contributed by atoms with E-state index in [0.29, 0.717) is 18.5 Å². The van der Waals surface area contributed by atoms with Crippen LogP contribution in [0.3, 0.4) is 0 Å². The summed E-state index contributed by atoms with van der Waals surface area (Å²) in [4.78, 5) is 21.6. The molecule has 0 aromatic heterocycles. The molecule has 1 aliphatic rings. The first-order valence-electron chi connectivity index (χ1n) is 4.74. The molecule has 15 heavy (non-hydrogen) atoms. The van der Waals surface area contributed by atoms with Crippen LogP contribution in [-0.2, 0) is 11.2 Å². The summed E-state index contributed by atoms with van der Waals surface area (Å²) >= 11 is 0. The number of nitro groups is 1. The highest BCUT2D eigenvalue weighted by atomic mass is 16.6. The van der Waals surface area contributed by atoms with Gasteiger partial charge in [0.25, 0.3) is 5.69 Å². The maximum absolute atomic E-state index is 11.3. The molecule has 0 atom stereocenters. The molecule has 78 valence electrons. The van der Waals surface area contributed by atoms with E-state index in [1.54, 1.807) is 6.07 Å². The van der Waals surface area contributed by atoms with E-state index in [0.717, 1.165) is 12.0 Å². The number of fused-ring (bicyclic) bond motifs is 1. The Balaban J connectivity index is 2.52. The fraction of sp³-hybridized carbons (Fsp3) is 0.300. The molecule has 1 N–H and O–H groups in total. The van der Waals surface area contributed by atoms with Crippen molar-refractivity contribution in [1.82, 2.24) is 0 Å². The quantitative estimate of drug-likeness (QED) is 0.563. The highest BCUT2D eigenvalue weighted by molar-refractivity contribution is 5.94. The number of carbonyl (C=O) groups excluding carboxylic acids is 1. The number of carbonyl (C=O) groups is 1. The Morgan fingerprint density at radius 2 is 2.13 bits per heavy atom. The van der Waals surface area contributed by atoms with Gasteiger partial charge in [0.15, 0.2) is 0 Å². The van der Waals surface area contributed by atoms with Crippen LogP contribution < -0.4 is 5.32 Å². The number of anilines is 1. The molecule has 0 aliphatic carbocycles. The van der Waals surface area contributed by atoms with Crippen molar-refractivity contribution < 1.29 is 9.72 Å². The molecule has 5 nitrogen and oxygen atoms in total. The van der Waals surface area contributed by atoms with Gasteiger partial charge in [-0.3, -0.25) is 14.9 Å². The average molecular weight is 206 g/mol. The Kier molecular flexibility index (Phi) is 2.37. The zero-order chi connectivity index (χ0) is 10.8. The monoisotopic (exact) mass is 206 g/mol. The van der Waals surface area contributed by atoms with Crippen molar-refractivity contribution in [3.05, 3.63) is 33.9 Å². The maximum atomic E-state index is 11.3. The second-order valence-corrected chi connectivity index (χ2v) is 3.47. The lowest BCUT2D eigenvalue weighted by Crippen LogP contribution is -2.10. The Labute approximate surface area is 86.2 Å². The number of hydrogen-bond donors (Lipinski definition) is 1. The first-order chi connectivity index (χ1) is 7.18. The number of nitrogens with zero attached hydrogens (tertiary/aromatic N) is 1. The van der Waals surface area contributed by atoms with Gasteiger partial charge in [-0.1, -0.05) is 12.1 Å². The predicted molar refractivity (Wildman–Crippen MR) is 54.7 cm³/mol. The summed E-state index contributed by atoms with van der Waals surface area (Å²) < 4.78 is 0. The first kappa shape index (κ1) is 9.64. The molecule has 0 fully saturated rings. The van der Waals surface area contributed by atoms with Crippen molar-refractivity contribution in [3.63, 3.8) is 0 Å². The molecule has 1 aromatic carbocycles. The summed E-state index contributed by atoms with van der Waals surface area (Å²) in [5, 5.41) is 13.3. The van der Waals surface area contributed by atoms with Gasteiger partial charge >= 0.3 is 0 Å². The van der Waals surface area contributed by atoms with Crippen molar-refractivity contribution in [3.8, 4) is 0 Å². The van der Waals surface area contributed by atoms with Gasteiger partial charge in [0.1, 0.15) is 5.69 Å². The van der Waals surface area contributed by atoms with Crippen molar-refractivity contribution in [2.45, 2.75) is 19.3 Å². The van der Waals surface area contributed by atoms with Crippen LogP contribution in [0.4, 0.5) is 11.4 Å². The summed E-state index contributed by atoms with van der Waals surface area (Å²) in [5.74, 6) is -0.150. The molecular formula is C10H10N2O3. The molecule has 0 spiro atoms. The van der Waals surface area contributed by atoms with E-state index >= 15 is 0 Å². The molecule has 2 rings (SSSR count). The van der Waals surface area contributed by atoms with Gasteiger partial charge in [-0.05, 0) is 18.4 Å². The van der Waals surface area contributed by atoms with Gasteiger partial charge < -0.3 is 5.32 Å². The number of nitro benzene ring substituents is 1. The third-order valence-electron chi connectivity index (χ3n) is 2.44. The Morgan fingerprint density at radius 3 is 2.87 bits per heavy atom. The van der Waals surface area contributed by atoms with E-state index in [-0.39, 0.29) is 11.6 Å². The van der Waals surface area contributed by atoms with E-state index < -0.39 is 4.92 Å². The topological polar surface area (TPSA) is 72.2 Å². The summed E-state index contributed by atoms with van der Waals surface area (Å²) in [6, 6.07) is 4.87. The van der Waals surface area contributed by atoms with E-state index in [1.165, 1.54) is 6.07 Å². The van der Waals surface area contributed by atoms with Crippen LogP contribution in [0, 0.1) is 10.1 Å². The van der Waals surface area contributed by atoms with Gasteiger partial charge in [-0.15, -0.1) is 0 Å². The number of aryl methyl sites for hydroxylation is 1. The normalized spacial score (nSPS) is 15.1. The highest BCUT2D eigenvalue weighted by Crippen LogP contribution is 2.31. The molecule has 0 saturated carbocycles. The van der Waals surface area contributed by atoms with Crippen molar-refractivity contribution in [2.24, 2.45) is 0 Å². The smallest absolute Gasteiger partial charge is 0.293 e. The predicted octanol–water partition coefficient (Wildman–Crippen LogP) is 1.87. The molecule has 0 unspecified atom stereocenters. The lowest BCUT2D eigenvalue weighted by atomic mass is 10.1. The minimum Gasteiger partial charge on any atom is -0.320 e. The molecular weight excluding hydrogens is 196 g/mol.